The Balaban J connectivity index is 1.57. The summed E-state index contributed by atoms with van der Waals surface area (Å²) in [6.07, 6.45) is 4.69. The van der Waals surface area contributed by atoms with E-state index >= 15 is 0 Å². The van der Waals surface area contributed by atoms with Gasteiger partial charge in [0.1, 0.15) is 0 Å². The largest absolute Gasteiger partial charge is 0.383 e. The van der Waals surface area contributed by atoms with Crippen molar-refractivity contribution in [2.24, 2.45) is 5.92 Å². The van der Waals surface area contributed by atoms with Gasteiger partial charge in [0.15, 0.2) is 0 Å². The van der Waals surface area contributed by atoms with E-state index in [0.29, 0.717) is 45.6 Å². The van der Waals surface area contributed by atoms with Crippen molar-refractivity contribution in [2.45, 2.75) is 25.9 Å². The summed E-state index contributed by atoms with van der Waals surface area (Å²) in [4.78, 5) is 26.3. The van der Waals surface area contributed by atoms with E-state index in [1.165, 1.54) is 0 Å². The van der Waals surface area contributed by atoms with E-state index in [9.17, 15) is 9.59 Å². The molecule has 27 heavy (non-hydrogen) atoms. The van der Waals surface area contributed by atoms with Crippen molar-refractivity contribution in [3.8, 4) is 0 Å². The molecular formula is C20H26N4O3. The van der Waals surface area contributed by atoms with Gasteiger partial charge in [-0.3, -0.25) is 14.3 Å². The highest BCUT2D eigenvalue weighted by atomic mass is 16.5. The predicted octanol–water partition coefficient (Wildman–Crippen LogP) is 1.43. The minimum Gasteiger partial charge on any atom is -0.383 e. The number of hydrogen-bond acceptors (Lipinski definition) is 4. The van der Waals surface area contributed by atoms with Gasteiger partial charge < -0.3 is 15.0 Å². The lowest BCUT2D eigenvalue weighted by Gasteiger charge is -2.31. The number of nitrogens with zero attached hydrogens (tertiary/aromatic N) is 3. The Morgan fingerprint density at radius 2 is 2.11 bits per heavy atom. The SMILES string of the molecule is COCCN1C[C@H](C(=O)NCc2ccccc2Cn2cccn2)CCC1=O. The van der Waals surface area contributed by atoms with Gasteiger partial charge in [-0.15, -0.1) is 0 Å². The van der Waals surface area contributed by atoms with Gasteiger partial charge in [0.25, 0.3) is 0 Å². The van der Waals surface area contributed by atoms with Gasteiger partial charge in [-0.2, -0.15) is 5.10 Å². The minimum absolute atomic E-state index is 0.00110. The first-order valence-corrected chi connectivity index (χ1v) is 9.26. The summed E-state index contributed by atoms with van der Waals surface area (Å²) in [5.41, 5.74) is 2.20. The molecule has 3 rings (SSSR count). The molecule has 144 valence electrons. The summed E-state index contributed by atoms with van der Waals surface area (Å²) in [5.74, 6) is -0.0719. The summed E-state index contributed by atoms with van der Waals surface area (Å²) in [6.45, 7) is 2.62. The van der Waals surface area contributed by atoms with E-state index in [2.05, 4.69) is 16.5 Å². The van der Waals surface area contributed by atoms with Crippen LogP contribution in [0.2, 0.25) is 0 Å². The second kappa shape index (κ2) is 9.32. The first kappa shape index (κ1) is 19.1. The fraction of sp³-hybridized carbons (Fsp3) is 0.450. The fourth-order valence-corrected chi connectivity index (χ4v) is 3.33. The normalized spacial score (nSPS) is 17.1. The number of aromatic nitrogens is 2. The Bertz CT molecular complexity index is 760. The maximum atomic E-state index is 12.6. The van der Waals surface area contributed by atoms with Crippen LogP contribution in [-0.4, -0.2) is 53.3 Å². The van der Waals surface area contributed by atoms with Crippen LogP contribution in [0.4, 0.5) is 0 Å². The van der Waals surface area contributed by atoms with E-state index in [-0.39, 0.29) is 17.7 Å². The first-order valence-electron chi connectivity index (χ1n) is 9.26. The van der Waals surface area contributed by atoms with Crippen molar-refractivity contribution >= 4 is 11.8 Å². The predicted molar refractivity (Wildman–Crippen MR) is 101 cm³/mol. The molecule has 1 aliphatic rings. The fourth-order valence-electron chi connectivity index (χ4n) is 3.33. The topological polar surface area (TPSA) is 76.5 Å². The average molecular weight is 370 g/mol. The number of carbonyl (C=O) groups is 2. The number of methoxy groups -OCH3 is 1. The molecule has 1 saturated heterocycles. The lowest BCUT2D eigenvalue weighted by Crippen LogP contribution is -2.46. The number of carbonyl (C=O) groups excluding carboxylic acids is 2. The summed E-state index contributed by atoms with van der Waals surface area (Å²) in [6, 6.07) is 9.93. The molecule has 7 heteroatoms. The number of nitrogens with one attached hydrogen (secondary N) is 1. The van der Waals surface area contributed by atoms with Crippen molar-refractivity contribution in [1.29, 1.82) is 0 Å². The zero-order chi connectivity index (χ0) is 19.1. The Hall–Kier alpha value is -2.67. The molecule has 0 bridgehead atoms. The van der Waals surface area contributed by atoms with Crippen molar-refractivity contribution in [3.05, 3.63) is 53.9 Å². The Labute approximate surface area is 159 Å². The van der Waals surface area contributed by atoms with E-state index in [4.69, 9.17) is 4.74 Å². The minimum atomic E-state index is -0.169. The van der Waals surface area contributed by atoms with Crippen LogP contribution < -0.4 is 5.32 Å². The monoisotopic (exact) mass is 370 g/mol. The van der Waals surface area contributed by atoms with Crippen LogP contribution in [-0.2, 0) is 27.4 Å². The second-order valence-electron chi connectivity index (χ2n) is 6.76. The molecule has 1 aliphatic heterocycles. The maximum absolute atomic E-state index is 12.6. The van der Waals surface area contributed by atoms with Crippen LogP contribution in [0.1, 0.15) is 24.0 Å². The first-order chi connectivity index (χ1) is 13.2. The molecule has 0 saturated carbocycles. The van der Waals surface area contributed by atoms with Gasteiger partial charge in [-0.1, -0.05) is 24.3 Å². The Kier molecular flexibility index (Phi) is 6.59. The molecule has 1 fully saturated rings. The Morgan fingerprint density at radius 3 is 2.85 bits per heavy atom. The van der Waals surface area contributed by atoms with Crippen molar-refractivity contribution < 1.29 is 14.3 Å². The number of likely N-dealkylation sites (tertiary alicyclic amines) is 1. The maximum Gasteiger partial charge on any atom is 0.225 e. The third-order valence-electron chi connectivity index (χ3n) is 4.90. The van der Waals surface area contributed by atoms with E-state index in [1.54, 1.807) is 18.2 Å². The molecule has 0 unspecified atom stereocenters. The summed E-state index contributed by atoms with van der Waals surface area (Å²) in [7, 11) is 1.61. The molecule has 1 aromatic heterocycles. The average Bonchev–Trinajstić information content (AvgIpc) is 3.19. The quantitative estimate of drug-likeness (QED) is 0.763. The molecule has 1 N–H and O–H groups in total. The van der Waals surface area contributed by atoms with Crippen LogP contribution >= 0.6 is 0 Å². The summed E-state index contributed by atoms with van der Waals surface area (Å²) in [5, 5.41) is 7.29. The highest BCUT2D eigenvalue weighted by molar-refractivity contribution is 5.83. The number of hydrogen-bond donors (Lipinski definition) is 1. The highest BCUT2D eigenvalue weighted by Crippen LogP contribution is 2.18. The van der Waals surface area contributed by atoms with Crippen LogP contribution in [0.5, 0.6) is 0 Å². The van der Waals surface area contributed by atoms with Gasteiger partial charge in [0.2, 0.25) is 11.8 Å². The molecule has 0 radical (unpaired) electrons. The molecule has 1 atom stereocenters. The molecule has 2 amide bonds. The van der Waals surface area contributed by atoms with Crippen molar-refractivity contribution in [1.82, 2.24) is 20.0 Å². The van der Waals surface area contributed by atoms with Crippen LogP contribution in [0, 0.1) is 5.92 Å². The van der Waals surface area contributed by atoms with Gasteiger partial charge in [0, 0.05) is 45.6 Å². The molecule has 0 aliphatic carbocycles. The number of rotatable bonds is 8. The summed E-state index contributed by atoms with van der Waals surface area (Å²) < 4.78 is 6.91. The van der Waals surface area contributed by atoms with Crippen LogP contribution in [0.15, 0.2) is 42.7 Å². The lowest BCUT2D eigenvalue weighted by atomic mass is 9.96. The molecular weight excluding hydrogens is 344 g/mol. The standard InChI is InChI=1S/C20H26N4O3/c1-27-12-11-23-14-18(7-8-19(23)25)20(26)21-13-16-5-2-3-6-17(16)15-24-10-4-9-22-24/h2-6,9-10,18H,7-8,11-15H2,1H3,(H,21,26)/t18-/m1/s1. The number of piperidine rings is 1. The summed E-state index contributed by atoms with van der Waals surface area (Å²) >= 11 is 0. The molecule has 7 nitrogen and oxygen atoms in total. The van der Waals surface area contributed by atoms with Gasteiger partial charge in [-0.25, -0.2) is 0 Å². The Morgan fingerprint density at radius 1 is 1.30 bits per heavy atom. The smallest absolute Gasteiger partial charge is 0.225 e. The third-order valence-corrected chi connectivity index (χ3v) is 4.90. The van der Waals surface area contributed by atoms with E-state index in [1.807, 2.05) is 35.1 Å². The molecule has 0 spiro atoms. The van der Waals surface area contributed by atoms with E-state index < -0.39 is 0 Å². The number of benzene rings is 1. The zero-order valence-electron chi connectivity index (χ0n) is 15.6. The van der Waals surface area contributed by atoms with Crippen molar-refractivity contribution in [3.63, 3.8) is 0 Å². The van der Waals surface area contributed by atoms with Gasteiger partial charge >= 0.3 is 0 Å². The molecule has 2 heterocycles. The number of amides is 2. The molecule has 1 aromatic carbocycles. The van der Waals surface area contributed by atoms with Gasteiger partial charge in [0.05, 0.1) is 19.1 Å². The van der Waals surface area contributed by atoms with E-state index in [0.717, 1.165) is 11.1 Å². The second-order valence-corrected chi connectivity index (χ2v) is 6.76. The zero-order valence-corrected chi connectivity index (χ0v) is 15.6. The third kappa shape index (κ3) is 5.17. The number of ether oxygens (including phenoxy) is 1. The van der Waals surface area contributed by atoms with Gasteiger partial charge in [-0.05, 0) is 23.6 Å². The highest BCUT2D eigenvalue weighted by Gasteiger charge is 2.29. The molecule has 2 aromatic rings. The lowest BCUT2D eigenvalue weighted by molar-refractivity contribution is -0.138. The van der Waals surface area contributed by atoms with Crippen LogP contribution in [0.25, 0.3) is 0 Å². The van der Waals surface area contributed by atoms with Crippen molar-refractivity contribution in [2.75, 3.05) is 26.8 Å². The van der Waals surface area contributed by atoms with Crippen LogP contribution in [0.3, 0.4) is 0 Å².